The summed E-state index contributed by atoms with van der Waals surface area (Å²) in [6.07, 6.45) is 1.84. The zero-order valence-electron chi connectivity index (χ0n) is 27.0. The predicted molar refractivity (Wildman–Crippen MR) is 203 cm³/mol. The SMILES string of the molecule is c1ccc2c(c1)oc1c(-c3ccc(-c4nc(-c5cccc6oc7ccccc7c56)nc(-n5c6ccccc6c6ccccc65)n4)cc3)nccc12. The van der Waals surface area contributed by atoms with Gasteiger partial charge < -0.3 is 8.83 Å². The minimum Gasteiger partial charge on any atom is -0.456 e. The first-order chi connectivity index (χ1) is 25.3. The fourth-order valence-corrected chi connectivity index (χ4v) is 7.45. The number of fused-ring (bicyclic) bond motifs is 9. The molecular formula is C44H25N5O2. The first-order valence-corrected chi connectivity index (χ1v) is 16.8. The van der Waals surface area contributed by atoms with E-state index in [1.165, 1.54) is 0 Å². The Morgan fingerprint density at radius 2 is 1.04 bits per heavy atom. The molecule has 238 valence electrons. The molecule has 0 saturated heterocycles. The third-order valence-corrected chi connectivity index (χ3v) is 9.76. The monoisotopic (exact) mass is 655 g/mol. The van der Waals surface area contributed by atoms with Crippen LogP contribution in [-0.4, -0.2) is 24.5 Å². The quantitative estimate of drug-likeness (QED) is 0.188. The lowest BCUT2D eigenvalue weighted by atomic mass is 10.0. The van der Waals surface area contributed by atoms with Gasteiger partial charge in [-0.25, -0.2) is 4.98 Å². The molecule has 0 spiro atoms. The molecule has 0 unspecified atom stereocenters. The molecule has 6 aromatic carbocycles. The van der Waals surface area contributed by atoms with E-state index in [-0.39, 0.29) is 0 Å². The Bertz CT molecular complexity index is 3100. The number of furan rings is 2. The zero-order valence-corrected chi connectivity index (χ0v) is 27.0. The Labute approximate surface area is 290 Å². The van der Waals surface area contributed by atoms with Gasteiger partial charge in [0, 0.05) is 55.2 Å². The van der Waals surface area contributed by atoms with E-state index in [2.05, 4.69) is 71.3 Å². The number of pyridine rings is 1. The van der Waals surface area contributed by atoms with Gasteiger partial charge in [0.2, 0.25) is 5.95 Å². The van der Waals surface area contributed by atoms with E-state index >= 15 is 0 Å². The molecule has 7 nitrogen and oxygen atoms in total. The Balaban J connectivity index is 1.14. The van der Waals surface area contributed by atoms with Crippen LogP contribution in [0.15, 0.2) is 161 Å². The van der Waals surface area contributed by atoms with Gasteiger partial charge in [0.05, 0.1) is 11.0 Å². The predicted octanol–water partition coefficient (Wildman–Crippen LogP) is 11.2. The molecule has 11 rings (SSSR count). The zero-order chi connectivity index (χ0) is 33.5. The van der Waals surface area contributed by atoms with Gasteiger partial charge in [-0.3, -0.25) is 9.55 Å². The lowest BCUT2D eigenvalue weighted by molar-refractivity contribution is 0.668. The molecule has 0 aliphatic heterocycles. The van der Waals surface area contributed by atoms with E-state index in [9.17, 15) is 0 Å². The van der Waals surface area contributed by atoms with Crippen LogP contribution in [0.25, 0.3) is 106 Å². The summed E-state index contributed by atoms with van der Waals surface area (Å²) in [4.78, 5) is 20.3. The molecule has 0 fully saturated rings. The van der Waals surface area contributed by atoms with Gasteiger partial charge in [-0.05, 0) is 36.4 Å². The van der Waals surface area contributed by atoms with E-state index in [4.69, 9.17) is 28.8 Å². The fourth-order valence-electron chi connectivity index (χ4n) is 7.45. The lowest BCUT2D eigenvalue weighted by Gasteiger charge is -2.11. The van der Waals surface area contributed by atoms with Gasteiger partial charge in [0.1, 0.15) is 22.4 Å². The van der Waals surface area contributed by atoms with Crippen LogP contribution < -0.4 is 0 Å². The van der Waals surface area contributed by atoms with Crippen molar-refractivity contribution in [2.24, 2.45) is 0 Å². The topological polar surface area (TPSA) is 82.8 Å². The first-order valence-electron chi connectivity index (χ1n) is 16.8. The second-order valence-corrected chi connectivity index (χ2v) is 12.6. The summed E-state index contributed by atoms with van der Waals surface area (Å²) in [6, 6.07) is 49.1. The van der Waals surface area contributed by atoms with E-state index in [1.807, 2.05) is 85.1 Å². The fraction of sp³-hybridized carbons (Fsp3) is 0. The summed E-state index contributed by atoms with van der Waals surface area (Å²) in [5.41, 5.74) is 8.71. The number of para-hydroxylation sites is 4. The van der Waals surface area contributed by atoms with Crippen LogP contribution in [0.2, 0.25) is 0 Å². The minimum atomic E-state index is 0.537. The van der Waals surface area contributed by atoms with Crippen molar-refractivity contribution in [3.63, 3.8) is 0 Å². The summed E-state index contributed by atoms with van der Waals surface area (Å²) in [6.45, 7) is 0. The van der Waals surface area contributed by atoms with Crippen molar-refractivity contribution >= 4 is 65.7 Å². The second kappa shape index (κ2) is 10.7. The van der Waals surface area contributed by atoms with Crippen molar-refractivity contribution in [1.29, 1.82) is 0 Å². The van der Waals surface area contributed by atoms with Crippen LogP contribution in [0.4, 0.5) is 0 Å². The van der Waals surface area contributed by atoms with Gasteiger partial charge in [0.15, 0.2) is 17.2 Å². The first kappa shape index (κ1) is 27.8. The molecule has 0 bridgehead atoms. The highest BCUT2D eigenvalue weighted by Crippen LogP contribution is 2.38. The van der Waals surface area contributed by atoms with Gasteiger partial charge >= 0.3 is 0 Å². The average Bonchev–Trinajstić information content (AvgIpc) is 3.87. The molecule has 11 aromatic rings. The molecule has 0 aliphatic carbocycles. The number of benzene rings is 6. The highest BCUT2D eigenvalue weighted by Gasteiger charge is 2.21. The normalized spacial score (nSPS) is 11.9. The van der Waals surface area contributed by atoms with Crippen LogP contribution in [0.3, 0.4) is 0 Å². The van der Waals surface area contributed by atoms with Gasteiger partial charge in [-0.2, -0.15) is 9.97 Å². The number of rotatable bonds is 4. The molecule has 0 saturated carbocycles. The molecule has 0 amide bonds. The molecule has 0 radical (unpaired) electrons. The minimum absolute atomic E-state index is 0.537. The third kappa shape index (κ3) is 4.18. The Hall–Kier alpha value is -7.12. The molecular weight excluding hydrogens is 631 g/mol. The standard InChI is InChI=1S/C44H25N5O2/c1-5-15-34-28(10-1)29-11-2-6-16-35(29)49(34)44-47-42(46-43(48-44)33-14-9-19-38-39(33)32-13-4-8-18-37(32)50-38)27-22-20-26(21-23-27)40-41-31(24-25-45-40)30-12-3-7-17-36(30)51-41/h1-25H. The summed E-state index contributed by atoms with van der Waals surface area (Å²) >= 11 is 0. The number of hydrogen-bond acceptors (Lipinski definition) is 6. The van der Waals surface area contributed by atoms with Crippen molar-refractivity contribution in [3.05, 3.63) is 152 Å². The summed E-state index contributed by atoms with van der Waals surface area (Å²) in [7, 11) is 0. The number of nitrogens with zero attached hydrogens (tertiary/aromatic N) is 5. The Morgan fingerprint density at radius 1 is 0.431 bits per heavy atom. The van der Waals surface area contributed by atoms with Crippen LogP contribution in [0.1, 0.15) is 0 Å². The molecule has 7 heteroatoms. The van der Waals surface area contributed by atoms with Crippen molar-refractivity contribution in [2.75, 3.05) is 0 Å². The molecule has 5 heterocycles. The summed E-state index contributed by atoms with van der Waals surface area (Å²) in [5.74, 6) is 1.66. The van der Waals surface area contributed by atoms with Crippen molar-refractivity contribution < 1.29 is 8.83 Å². The number of aromatic nitrogens is 5. The Kier molecular flexibility index (Phi) is 5.83. The third-order valence-electron chi connectivity index (χ3n) is 9.76. The van der Waals surface area contributed by atoms with Crippen LogP contribution in [-0.2, 0) is 0 Å². The lowest BCUT2D eigenvalue weighted by Crippen LogP contribution is -2.06. The second-order valence-electron chi connectivity index (χ2n) is 12.6. The summed E-state index contributed by atoms with van der Waals surface area (Å²) < 4.78 is 14.7. The highest BCUT2D eigenvalue weighted by atomic mass is 16.3. The average molecular weight is 656 g/mol. The van der Waals surface area contributed by atoms with E-state index in [1.54, 1.807) is 0 Å². The van der Waals surface area contributed by atoms with Gasteiger partial charge in [-0.1, -0.05) is 109 Å². The van der Waals surface area contributed by atoms with Crippen LogP contribution in [0.5, 0.6) is 0 Å². The maximum absolute atomic E-state index is 6.30. The van der Waals surface area contributed by atoms with Crippen molar-refractivity contribution in [2.45, 2.75) is 0 Å². The van der Waals surface area contributed by atoms with Crippen LogP contribution in [0, 0.1) is 0 Å². The van der Waals surface area contributed by atoms with Gasteiger partial charge in [0.25, 0.3) is 0 Å². The molecule has 51 heavy (non-hydrogen) atoms. The van der Waals surface area contributed by atoms with Crippen LogP contribution >= 0.6 is 0 Å². The van der Waals surface area contributed by atoms with E-state index in [0.29, 0.717) is 17.6 Å². The molecule has 5 aromatic heterocycles. The van der Waals surface area contributed by atoms with E-state index in [0.717, 1.165) is 88.1 Å². The molecule has 0 N–H and O–H groups in total. The molecule has 0 aliphatic rings. The van der Waals surface area contributed by atoms with E-state index < -0.39 is 0 Å². The highest BCUT2D eigenvalue weighted by molar-refractivity contribution is 6.12. The van der Waals surface area contributed by atoms with Gasteiger partial charge in [-0.15, -0.1) is 0 Å². The maximum Gasteiger partial charge on any atom is 0.238 e. The smallest absolute Gasteiger partial charge is 0.238 e. The maximum atomic E-state index is 6.30. The molecule has 0 atom stereocenters. The van der Waals surface area contributed by atoms with Crippen molar-refractivity contribution in [3.8, 4) is 40.0 Å². The number of hydrogen-bond donors (Lipinski definition) is 0. The Morgan fingerprint density at radius 3 is 1.80 bits per heavy atom. The van der Waals surface area contributed by atoms with Crippen molar-refractivity contribution in [1.82, 2.24) is 24.5 Å². The summed E-state index contributed by atoms with van der Waals surface area (Å²) in [5, 5.41) is 6.37. The largest absolute Gasteiger partial charge is 0.456 e.